The van der Waals surface area contributed by atoms with Crippen LogP contribution in [-0.2, 0) is 11.3 Å². The maximum Gasteiger partial charge on any atom is 0.220 e. The summed E-state index contributed by atoms with van der Waals surface area (Å²) < 4.78 is 14.3. The number of benzene rings is 1. The Morgan fingerprint density at radius 2 is 1.72 bits per heavy atom. The molecule has 5 rings (SSSR count). The second-order valence-electron chi connectivity index (χ2n) is 10.8. The molecule has 0 radical (unpaired) electrons. The molecule has 0 bridgehead atoms. The SMILES string of the molecule is O=C(CC[C@@H]1CN(Cc2ccncc2)CC[C@@H]1N1CCN(c2ccccc2F)CC1)NC1CCCC1. The third-order valence-electron chi connectivity index (χ3n) is 8.37. The van der Waals surface area contributed by atoms with Gasteiger partial charge < -0.3 is 10.2 Å². The van der Waals surface area contributed by atoms with Crippen molar-refractivity contribution in [1.82, 2.24) is 20.1 Å². The molecule has 6 nitrogen and oxygen atoms in total. The molecular formula is C29H40FN5O. The summed E-state index contributed by atoms with van der Waals surface area (Å²) in [5.41, 5.74) is 2.00. The zero-order valence-electron chi connectivity index (χ0n) is 21.3. The Morgan fingerprint density at radius 3 is 2.47 bits per heavy atom. The third kappa shape index (κ3) is 6.43. The molecule has 0 spiro atoms. The second kappa shape index (κ2) is 12.2. The molecule has 7 heteroatoms. The summed E-state index contributed by atoms with van der Waals surface area (Å²) >= 11 is 0. The van der Waals surface area contributed by atoms with Crippen molar-refractivity contribution < 1.29 is 9.18 Å². The zero-order valence-corrected chi connectivity index (χ0v) is 21.3. The van der Waals surface area contributed by atoms with Gasteiger partial charge in [0.25, 0.3) is 0 Å². The van der Waals surface area contributed by atoms with E-state index in [2.05, 4.69) is 37.1 Å². The minimum Gasteiger partial charge on any atom is -0.367 e. The van der Waals surface area contributed by atoms with Crippen molar-refractivity contribution in [1.29, 1.82) is 0 Å². The van der Waals surface area contributed by atoms with Gasteiger partial charge >= 0.3 is 0 Å². The fraction of sp³-hybridized carbons (Fsp3) is 0.586. The van der Waals surface area contributed by atoms with Gasteiger partial charge in [-0.25, -0.2) is 4.39 Å². The number of hydrogen-bond acceptors (Lipinski definition) is 5. The van der Waals surface area contributed by atoms with Crippen molar-refractivity contribution in [2.24, 2.45) is 5.92 Å². The number of likely N-dealkylation sites (tertiary alicyclic amines) is 1. The highest BCUT2D eigenvalue weighted by Gasteiger charge is 2.35. The van der Waals surface area contributed by atoms with Crippen LogP contribution in [0.25, 0.3) is 0 Å². The van der Waals surface area contributed by atoms with Crippen molar-refractivity contribution in [2.75, 3.05) is 44.2 Å². The molecule has 3 fully saturated rings. The first-order valence-electron chi connectivity index (χ1n) is 13.8. The largest absolute Gasteiger partial charge is 0.367 e. The fourth-order valence-electron chi connectivity index (χ4n) is 6.44. The van der Waals surface area contributed by atoms with Crippen molar-refractivity contribution in [3.05, 3.63) is 60.2 Å². The zero-order chi connectivity index (χ0) is 24.7. The van der Waals surface area contributed by atoms with Crippen LogP contribution >= 0.6 is 0 Å². The van der Waals surface area contributed by atoms with Crippen molar-refractivity contribution >= 4 is 11.6 Å². The fourth-order valence-corrected chi connectivity index (χ4v) is 6.44. The van der Waals surface area contributed by atoms with Crippen molar-refractivity contribution in [3.63, 3.8) is 0 Å². The van der Waals surface area contributed by atoms with Crippen LogP contribution in [0.15, 0.2) is 48.8 Å². The number of carbonyl (C=O) groups is 1. The number of piperidine rings is 1. The van der Waals surface area contributed by atoms with E-state index < -0.39 is 0 Å². The van der Waals surface area contributed by atoms with E-state index in [4.69, 9.17) is 0 Å². The van der Waals surface area contributed by atoms with Gasteiger partial charge in [-0.15, -0.1) is 0 Å². The highest BCUT2D eigenvalue weighted by molar-refractivity contribution is 5.76. The smallest absolute Gasteiger partial charge is 0.220 e. The van der Waals surface area contributed by atoms with Gasteiger partial charge in [0.2, 0.25) is 5.91 Å². The van der Waals surface area contributed by atoms with E-state index in [0.29, 0.717) is 30.1 Å². The maximum absolute atomic E-state index is 14.3. The van der Waals surface area contributed by atoms with Crippen LogP contribution in [0.5, 0.6) is 0 Å². The molecule has 1 saturated carbocycles. The van der Waals surface area contributed by atoms with E-state index in [0.717, 1.165) is 71.5 Å². The summed E-state index contributed by atoms with van der Waals surface area (Å²) in [5.74, 6) is 0.535. The monoisotopic (exact) mass is 493 g/mol. The van der Waals surface area contributed by atoms with E-state index >= 15 is 0 Å². The summed E-state index contributed by atoms with van der Waals surface area (Å²) in [5, 5.41) is 3.28. The number of para-hydroxylation sites is 1. The highest BCUT2D eigenvalue weighted by atomic mass is 19.1. The second-order valence-corrected chi connectivity index (χ2v) is 10.8. The first-order valence-corrected chi connectivity index (χ1v) is 13.8. The van der Waals surface area contributed by atoms with Gasteiger partial charge in [0, 0.05) is 70.2 Å². The van der Waals surface area contributed by atoms with Gasteiger partial charge in [0.15, 0.2) is 0 Å². The van der Waals surface area contributed by atoms with Crippen LogP contribution in [0.4, 0.5) is 10.1 Å². The van der Waals surface area contributed by atoms with Gasteiger partial charge in [-0.05, 0) is 68.0 Å². The summed E-state index contributed by atoms with van der Waals surface area (Å²) in [6, 6.07) is 12.1. The van der Waals surface area contributed by atoms with Gasteiger partial charge in [-0.1, -0.05) is 25.0 Å². The third-order valence-corrected chi connectivity index (χ3v) is 8.37. The molecule has 2 aromatic rings. The van der Waals surface area contributed by atoms with Gasteiger partial charge in [-0.3, -0.25) is 19.6 Å². The Labute approximate surface area is 214 Å². The summed E-state index contributed by atoms with van der Waals surface area (Å²) in [6.07, 6.45) is 11.1. The molecule has 2 saturated heterocycles. The van der Waals surface area contributed by atoms with Crippen LogP contribution in [0.2, 0.25) is 0 Å². The molecule has 3 heterocycles. The number of amides is 1. The molecule has 194 valence electrons. The van der Waals surface area contributed by atoms with E-state index in [-0.39, 0.29) is 11.7 Å². The first-order chi connectivity index (χ1) is 17.7. The van der Waals surface area contributed by atoms with Crippen molar-refractivity contribution in [3.8, 4) is 0 Å². The van der Waals surface area contributed by atoms with Gasteiger partial charge in [0.05, 0.1) is 5.69 Å². The van der Waals surface area contributed by atoms with Crippen LogP contribution in [0.3, 0.4) is 0 Å². The van der Waals surface area contributed by atoms with Crippen LogP contribution in [-0.4, -0.2) is 72.0 Å². The number of carbonyl (C=O) groups excluding carboxylic acids is 1. The molecule has 1 aliphatic carbocycles. The number of halogens is 1. The maximum atomic E-state index is 14.3. The lowest BCUT2D eigenvalue weighted by molar-refractivity contribution is -0.122. The Morgan fingerprint density at radius 1 is 0.972 bits per heavy atom. The lowest BCUT2D eigenvalue weighted by Gasteiger charge is -2.47. The van der Waals surface area contributed by atoms with Crippen molar-refractivity contribution in [2.45, 2.75) is 63.6 Å². The molecule has 1 aromatic carbocycles. The molecule has 3 aliphatic rings. The number of piperazine rings is 1. The van der Waals surface area contributed by atoms with Crippen LogP contribution in [0.1, 0.15) is 50.5 Å². The summed E-state index contributed by atoms with van der Waals surface area (Å²) in [7, 11) is 0. The predicted molar refractivity (Wildman–Crippen MR) is 141 cm³/mol. The minimum atomic E-state index is -0.137. The number of pyridine rings is 1. The normalized spacial score (nSPS) is 24.2. The molecule has 1 amide bonds. The minimum absolute atomic E-state index is 0.137. The average molecular weight is 494 g/mol. The number of rotatable bonds is 8. The Balaban J connectivity index is 1.20. The molecule has 1 aromatic heterocycles. The molecule has 0 unspecified atom stereocenters. The lowest BCUT2D eigenvalue weighted by atomic mass is 9.86. The number of hydrogen-bond donors (Lipinski definition) is 1. The Kier molecular flexibility index (Phi) is 8.49. The standard InChI is InChI=1S/C29H40FN5O/c30-26-7-3-4-8-28(26)35-19-17-34(18-20-35)27-13-16-33(21-23-11-14-31-15-12-23)22-24(27)9-10-29(36)32-25-5-1-2-6-25/h3-4,7-8,11-12,14-15,24-25,27H,1-2,5-6,9-10,13,16-22H2,(H,32,36)/t24-,27+/m1/s1. The number of aromatic nitrogens is 1. The van der Waals surface area contributed by atoms with Gasteiger partial charge in [-0.2, -0.15) is 0 Å². The summed E-state index contributed by atoms with van der Waals surface area (Å²) in [6.45, 7) is 6.56. The predicted octanol–water partition coefficient (Wildman–Crippen LogP) is 4.07. The molecule has 1 N–H and O–H groups in total. The number of anilines is 1. The Hall–Kier alpha value is -2.51. The van der Waals surface area contributed by atoms with Crippen LogP contribution in [0, 0.1) is 11.7 Å². The molecule has 2 aliphatic heterocycles. The number of nitrogens with zero attached hydrogens (tertiary/aromatic N) is 4. The molecule has 36 heavy (non-hydrogen) atoms. The van der Waals surface area contributed by atoms with E-state index in [1.165, 1.54) is 18.4 Å². The van der Waals surface area contributed by atoms with E-state index in [1.807, 2.05) is 24.5 Å². The quantitative estimate of drug-likeness (QED) is 0.601. The molecule has 2 atom stereocenters. The van der Waals surface area contributed by atoms with E-state index in [9.17, 15) is 9.18 Å². The van der Waals surface area contributed by atoms with E-state index in [1.54, 1.807) is 12.1 Å². The highest BCUT2D eigenvalue weighted by Crippen LogP contribution is 2.29. The number of nitrogens with one attached hydrogen (secondary N) is 1. The summed E-state index contributed by atoms with van der Waals surface area (Å²) in [4.78, 5) is 24.2. The average Bonchev–Trinajstić information content (AvgIpc) is 3.42. The van der Waals surface area contributed by atoms with Gasteiger partial charge in [0.1, 0.15) is 5.82 Å². The topological polar surface area (TPSA) is 51.7 Å². The Bertz CT molecular complexity index is 975. The lowest BCUT2D eigenvalue weighted by Crippen LogP contribution is -2.57. The molecular weight excluding hydrogens is 453 g/mol. The van der Waals surface area contributed by atoms with Crippen LogP contribution < -0.4 is 10.2 Å². The first kappa shape index (κ1) is 25.2.